The number of benzene rings is 1. The molecule has 1 aliphatic carbocycles. The van der Waals surface area contributed by atoms with Gasteiger partial charge in [-0.1, -0.05) is 38.1 Å². The maximum Gasteiger partial charge on any atom is 0.0486 e. The Balaban J connectivity index is 2.68. The van der Waals surface area contributed by atoms with Crippen molar-refractivity contribution in [3.63, 3.8) is 0 Å². The van der Waals surface area contributed by atoms with Gasteiger partial charge in [0.25, 0.3) is 0 Å². The van der Waals surface area contributed by atoms with E-state index >= 15 is 0 Å². The fourth-order valence-corrected chi connectivity index (χ4v) is 2.34. The molecule has 0 saturated carbocycles. The van der Waals surface area contributed by atoms with E-state index in [2.05, 4.69) is 32.0 Å². The van der Waals surface area contributed by atoms with Crippen molar-refractivity contribution >= 4 is 0 Å². The van der Waals surface area contributed by atoms with Crippen molar-refractivity contribution < 1.29 is 0 Å². The topological polar surface area (TPSA) is 52.0 Å². The lowest BCUT2D eigenvalue weighted by molar-refractivity contribution is 0.268. The first-order valence-electron chi connectivity index (χ1n) is 5.03. The molecule has 1 aromatic carbocycles. The van der Waals surface area contributed by atoms with Gasteiger partial charge in [-0.05, 0) is 18.1 Å². The molecule has 0 aliphatic heterocycles. The zero-order valence-electron chi connectivity index (χ0n) is 9.04. The predicted octanol–water partition coefficient (Wildman–Crippen LogP) is 1.70. The highest BCUT2D eigenvalue weighted by Crippen LogP contribution is 2.48. The van der Waals surface area contributed by atoms with E-state index in [0.717, 1.165) is 0 Å². The minimum absolute atomic E-state index is 0.0526. The second-order valence-corrected chi connectivity index (χ2v) is 4.97. The van der Waals surface area contributed by atoms with Gasteiger partial charge in [0.05, 0.1) is 0 Å². The van der Waals surface area contributed by atoms with E-state index < -0.39 is 0 Å². The summed E-state index contributed by atoms with van der Waals surface area (Å²) in [6, 6.07) is 8.23. The second kappa shape index (κ2) is 2.59. The van der Waals surface area contributed by atoms with Crippen molar-refractivity contribution in [3.05, 3.63) is 35.4 Å². The van der Waals surface area contributed by atoms with Gasteiger partial charge in [0.2, 0.25) is 0 Å². The summed E-state index contributed by atoms with van der Waals surface area (Å²) in [5.41, 5.74) is 14.6. The Labute approximate surface area is 85.3 Å². The standard InChI is InChI=1S/C12H18N2/c1-11(2)9-7-5-4-6-8(9)10(13)12(11,3)14/h4-7,10H,13-14H2,1-3H3. The molecule has 0 spiro atoms. The van der Waals surface area contributed by atoms with Gasteiger partial charge in [-0.3, -0.25) is 0 Å². The van der Waals surface area contributed by atoms with Crippen molar-refractivity contribution in [3.8, 4) is 0 Å². The van der Waals surface area contributed by atoms with E-state index in [1.54, 1.807) is 0 Å². The van der Waals surface area contributed by atoms with Crippen LogP contribution in [0, 0.1) is 0 Å². The number of fused-ring (bicyclic) bond motifs is 1. The molecule has 4 N–H and O–H groups in total. The Kier molecular flexibility index (Phi) is 1.79. The van der Waals surface area contributed by atoms with Gasteiger partial charge in [0.1, 0.15) is 0 Å². The van der Waals surface area contributed by atoms with Crippen LogP contribution in [-0.4, -0.2) is 5.54 Å². The quantitative estimate of drug-likeness (QED) is 0.654. The summed E-state index contributed by atoms with van der Waals surface area (Å²) in [7, 11) is 0. The molecular weight excluding hydrogens is 172 g/mol. The molecule has 1 aromatic rings. The van der Waals surface area contributed by atoms with Crippen molar-refractivity contribution in [2.75, 3.05) is 0 Å². The summed E-state index contributed by atoms with van der Waals surface area (Å²) in [4.78, 5) is 0. The monoisotopic (exact) mass is 190 g/mol. The molecule has 0 amide bonds. The first kappa shape index (κ1) is 9.69. The minimum Gasteiger partial charge on any atom is -0.323 e. The van der Waals surface area contributed by atoms with Gasteiger partial charge in [0, 0.05) is 17.0 Å². The van der Waals surface area contributed by atoms with Crippen LogP contribution < -0.4 is 11.5 Å². The van der Waals surface area contributed by atoms with E-state index in [4.69, 9.17) is 11.5 Å². The van der Waals surface area contributed by atoms with Crippen LogP contribution in [0.15, 0.2) is 24.3 Å². The maximum atomic E-state index is 6.32. The zero-order valence-corrected chi connectivity index (χ0v) is 9.04. The molecule has 0 bridgehead atoms. The SMILES string of the molecule is CC1(C)c2ccccc2C(N)C1(C)N. The van der Waals surface area contributed by atoms with E-state index in [-0.39, 0.29) is 17.0 Å². The van der Waals surface area contributed by atoms with Crippen LogP contribution in [-0.2, 0) is 5.41 Å². The Morgan fingerprint density at radius 2 is 1.71 bits per heavy atom. The molecule has 1 aliphatic rings. The first-order valence-corrected chi connectivity index (χ1v) is 5.03. The lowest BCUT2D eigenvalue weighted by Crippen LogP contribution is -2.54. The molecule has 0 heterocycles. The number of nitrogens with two attached hydrogens (primary N) is 2. The molecule has 2 unspecified atom stereocenters. The Hall–Kier alpha value is -0.860. The molecular formula is C12H18N2. The van der Waals surface area contributed by atoms with E-state index in [1.165, 1.54) is 11.1 Å². The van der Waals surface area contributed by atoms with E-state index in [1.807, 2.05) is 13.0 Å². The normalized spacial score (nSPS) is 34.2. The number of hydrogen-bond donors (Lipinski definition) is 2. The average molecular weight is 190 g/mol. The summed E-state index contributed by atoms with van der Waals surface area (Å²) in [6.07, 6.45) is 0. The molecule has 2 nitrogen and oxygen atoms in total. The van der Waals surface area contributed by atoms with Crippen LogP contribution >= 0.6 is 0 Å². The van der Waals surface area contributed by atoms with Crippen LogP contribution in [0.3, 0.4) is 0 Å². The molecule has 14 heavy (non-hydrogen) atoms. The Morgan fingerprint density at radius 1 is 1.14 bits per heavy atom. The fraction of sp³-hybridized carbons (Fsp3) is 0.500. The summed E-state index contributed by atoms with van der Waals surface area (Å²) >= 11 is 0. The fourth-order valence-electron chi connectivity index (χ4n) is 2.34. The van der Waals surface area contributed by atoms with Crippen LogP contribution in [0.5, 0.6) is 0 Å². The van der Waals surface area contributed by atoms with Gasteiger partial charge in [-0.2, -0.15) is 0 Å². The number of hydrogen-bond acceptors (Lipinski definition) is 2. The number of rotatable bonds is 0. The lowest BCUT2D eigenvalue weighted by Gasteiger charge is -2.38. The van der Waals surface area contributed by atoms with Gasteiger partial charge < -0.3 is 11.5 Å². The summed E-state index contributed by atoms with van der Waals surface area (Å²) in [5.74, 6) is 0. The minimum atomic E-state index is -0.364. The molecule has 0 aromatic heterocycles. The molecule has 2 atom stereocenters. The highest BCUT2D eigenvalue weighted by molar-refractivity contribution is 5.46. The molecule has 0 radical (unpaired) electrons. The first-order chi connectivity index (χ1) is 6.39. The zero-order chi connectivity index (χ0) is 10.6. The average Bonchev–Trinajstić information content (AvgIpc) is 2.27. The summed E-state index contributed by atoms with van der Waals surface area (Å²) in [6.45, 7) is 6.37. The largest absolute Gasteiger partial charge is 0.323 e. The molecule has 2 heteroatoms. The third-order valence-corrected chi connectivity index (χ3v) is 3.96. The predicted molar refractivity (Wildman–Crippen MR) is 59.0 cm³/mol. The van der Waals surface area contributed by atoms with Crippen LogP contribution in [0.25, 0.3) is 0 Å². The lowest BCUT2D eigenvalue weighted by atomic mass is 9.73. The highest BCUT2D eigenvalue weighted by atomic mass is 14.9. The summed E-state index contributed by atoms with van der Waals surface area (Å²) < 4.78 is 0. The van der Waals surface area contributed by atoms with Gasteiger partial charge in [0.15, 0.2) is 0 Å². The molecule has 0 saturated heterocycles. The van der Waals surface area contributed by atoms with Gasteiger partial charge >= 0.3 is 0 Å². The molecule has 0 fully saturated rings. The van der Waals surface area contributed by atoms with Crippen LogP contribution in [0.4, 0.5) is 0 Å². The van der Waals surface area contributed by atoms with Crippen LogP contribution in [0.2, 0.25) is 0 Å². The Bertz CT molecular complexity index is 366. The van der Waals surface area contributed by atoms with E-state index in [0.29, 0.717) is 0 Å². The molecule has 76 valence electrons. The Morgan fingerprint density at radius 3 is 2.29 bits per heavy atom. The van der Waals surface area contributed by atoms with Crippen LogP contribution in [0.1, 0.15) is 37.9 Å². The summed E-state index contributed by atoms with van der Waals surface area (Å²) in [5, 5.41) is 0. The smallest absolute Gasteiger partial charge is 0.0486 e. The van der Waals surface area contributed by atoms with Crippen molar-refractivity contribution in [1.82, 2.24) is 0 Å². The molecule has 2 rings (SSSR count). The van der Waals surface area contributed by atoms with Gasteiger partial charge in [-0.25, -0.2) is 0 Å². The van der Waals surface area contributed by atoms with Crippen molar-refractivity contribution in [2.45, 2.75) is 37.8 Å². The third kappa shape index (κ3) is 0.928. The van der Waals surface area contributed by atoms with E-state index in [9.17, 15) is 0 Å². The van der Waals surface area contributed by atoms with Gasteiger partial charge in [-0.15, -0.1) is 0 Å². The van der Waals surface area contributed by atoms with Crippen molar-refractivity contribution in [2.24, 2.45) is 11.5 Å². The van der Waals surface area contributed by atoms with Crippen molar-refractivity contribution in [1.29, 1.82) is 0 Å². The maximum absolute atomic E-state index is 6.32. The highest BCUT2D eigenvalue weighted by Gasteiger charge is 2.51. The second-order valence-electron chi connectivity index (χ2n) is 4.97. The third-order valence-electron chi connectivity index (χ3n) is 3.96.